The van der Waals surface area contributed by atoms with Crippen molar-refractivity contribution in [1.29, 1.82) is 0 Å². The van der Waals surface area contributed by atoms with Gasteiger partial charge in [-0.25, -0.2) is 8.42 Å². The van der Waals surface area contributed by atoms with E-state index in [4.69, 9.17) is 0 Å². The molecule has 0 bridgehead atoms. The minimum absolute atomic E-state index is 0.0235. The number of aromatic hydroxyl groups is 1. The van der Waals surface area contributed by atoms with Gasteiger partial charge in [0.05, 0.1) is 17.1 Å². The summed E-state index contributed by atoms with van der Waals surface area (Å²) in [6, 6.07) is 2.95. The SMILES string of the molecule is Cc1ccc(C(=O)NC2CCS(=O)(=O)C2)c(O)c1C. The molecule has 0 aliphatic carbocycles. The summed E-state index contributed by atoms with van der Waals surface area (Å²) in [7, 11) is -3.03. The van der Waals surface area contributed by atoms with E-state index in [9.17, 15) is 18.3 Å². The van der Waals surface area contributed by atoms with E-state index >= 15 is 0 Å². The summed E-state index contributed by atoms with van der Waals surface area (Å²) in [4.78, 5) is 12.0. The molecule has 2 rings (SSSR count). The van der Waals surface area contributed by atoms with Crippen LogP contribution in [0.25, 0.3) is 0 Å². The molecule has 0 saturated carbocycles. The number of aryl methyl sites for hydroxylation is 1. The van der Waals surface area contributed by atoms with Crippen molar-refractivity contribution in [2.45, 2.75) is 26.3 Å². The molecule has 1 saturated heterocycles. The van der Waals surface area contributed by atoms with Gasteiger partial charge in [0.15, 0.2) is 9.84 Å². The molecule has 1 fully saturated rings. The van der Waals surface area contributed by atoms with Crippen LogP contribution in [0.2, 0.25) is 0 Å². The van der Waals surface area contributed by atoms with E-state index in [1.807, 2.05) is 6.92 Å². The Morgan fingerprint density at radius 1 is 1.37 bits per heavy atom. The second-order valence-electron chi connectivity index (χ2n) is 4.98. The number of rotatable bonds is 2. The van der Waals surface area contributed by atoms with Crippen molar-refractivity contribution in [3.8, 4) is 5.75 Å². The van der Waals surface area contributed by atoms with Crippen LogP contribution in [-0.2, 0) is 9.84 Å². The van der Waals surface area contributed by atoms with Gasteiger partial charge in [-0.3, -0.25) is 4.79 Å². The molecule has 1 aliphatic rings. The fourth-order valence-corrected chi connectivity index (χ4v) is 3.83. The van der Waals surface area contributed by atoms with Gasteiger partial charge < -0.3 is 10.4 Å². The number of hydrogen-bond donors (Lipinski definition) is 2. The first kappa shape index (κ1) is 13.9. The third-order valence-corrected chi connectivity index (χ3v) is 5.28. The van der Waals surface area contributed by atoms with Crippen molar-refractivity contribution < 1.29 is 18.3 Å². The van der Waals surface area contributed by atoms with Crippen molar-refractivity contribution in [1.82, 2.24) is 5.32 Å². The maximum absolute atomic E-state index is 12.0. The van der Waals surface area contributed by atoms with Crippen LogP contribution in [-0.4, -0.2) is 37.0 Å². The summed E-state index contributed by atoms with van der Waals surface area (Å²) in [5.74, 6) is -0.387. The molecule has 1 aromatic rings. The lowest BCUT2D eigenvalue weighted by Gasteiger charge is -2.13. The zero-order chi connectivity index (χ0) is 14.2. The molecule has 0 radical (unpaired) electrons. The van der Waals surface area contributed by atoms with Gasteiger partial charge in [-0.1, -0.05) is 6.07 Å². The number of hydrogen-bond acceptors (Lipinski definition) is 4. The van der Waals surface area contributed by atoms with E-state index < -0.39 is 15.7 Å². The highest BCUT2D eigenvalue weighted by Gasteiger charge is 2.29. The van der Waals surface area contributed by atoms with Crippen molar-refractivity contribution >= 4 is 15.7 Å². The van der Waals surface area contributed by atoms with Crippen LogP contribution >= 0.6 is 0 Å². The lowest BCUT2D eigenvalue weighted by molar-refractivity contribution is 0.0938. The van der Waals surface area contributed by atoms with Crippen LogP contribution in [0.1, 0.15) is 27.9 Å². The van der Waals surface area contributed by atoms with E-state index in [-0.39, 0.29) is 28.9 Å². The molecule has 1 aliphatic heterocycles. The molecule has 1 heterocycles. The highest BCUT2D eigenvalue weighted by molar-refractivity contribution is 7.91. The predicted molar refractivity (Wildman–Crippen MR) is 72.1 cm³/mol. The molecular formula is C13H17NO4S. The molecule has 5 nitrogen and oxygen atoms in total. The summed E-state index contributed by atoms with van der Waals surface area (Å²) >= 11 is 0. The average Bonchev–Trinajstić information content (AvgIpc) is 2.65. The fourth-order valence-electron chi connectivity index (χ4n) is 2.16. The Bertz CT molecular complexity index is 622. The van der Waals surface area contributed by atoms with Crippen LogP contribution in [0, 0.1) is 13.8 Å². The van der Waals surface area contributed by atoms with E-state index in [1.54, 1.807) is 19.1 Å². The van der Waals surface area contributed by atoms with Crippen LogP contribution in [0.3, 0.4) is 0 Å². The third kappa shape index (κ3) is 2.89. The standard InChI is InChI=1S/C13H17NO4S/c1-8-3-4-11(12(15)9(8)2)13(16)14-10-5-6-19(17,18)7-10/h3-4,10,15H,5-7H2,1-2H3,(H,14,16). The van der Waals surface area contributed by atoms with E-state index in [1.165, 1.54) is 0 Å². The molecular weight excluding hydrogens is 266 g/mol. The predicted octanol–water partition coefficient (Wildman–Crippen LogP) is 0.926. The monoisotopic (exact) mass is 283 g/mol. The molecule has 0 spiro atoms. The molecule has 1 atom stereocenters. The fraction of sp³-hybridized carbons (Fsp3) is 0.462. The Labute approximate surface area is 112 Å². The molecule has 1 aromatic carbocycles. The minimum atomic E-state index is -3.03. The lowest BCUT2D eigenvalue weighted by atomic mass is 10.0. The largest absolute Gasteiger partial charge is 0.507 e. The molecule has 104 valence electrons. The summed E-state index contributed by atoms with van der Waals surface area (Å²) in [6.45, 7) is 3.59. The zero-order valence-corrected chi connectivity index (χ0v) is 11.8. The maximum atomic E-state index is 12.0. The van der Waals surface area contributed by atoms with Crippen molar-refractivity contribution in [2.75, 3.05) is 11.5 Å². The van der Waals surface area contributed by atoms with E-state index in [0.717, 1.165) is 5.56 Å². The smallest absolute Gasteiger partial charge is 0.255 e. The van der Waals surface area contributed by atoms with Gasteiger partial charge in [0.25, 0.3) is 5.91 Å². The third-order valence-electron chi connectivity index (χ3n) is 3.51. The first-order valence-corrected chi connectivity index (χ1v) is 7.93. The van der Waals surface area contributed by atoms with Crippen molar-refractivity contribution in [3.63, 3.8) is 0 Å². The number of benzene rings is 1. The van der Waals surface area contributed by atoms with Gasteiger partial charge in [-0.05, 0) is 37.5 Å². The van der Waals surface area contributed by atoms with Gasteiger partial charge in [-0.15, -0.1) is 0 Å². The topological polar surface area (TPSA) is 83.5 Å². The van der Waals surface area contributed by atoms with Gasteiger partial charge >= 0.3 is 0 Å². The summed E-state index contributed by atoms with van der Waals surface area (Å²) in [6.07, 6.45) is 0.430. The Kier molecular flexibility index (Phi) is 3.54. The van der Waals surface area contributed by atoms with E-state index in [2.05, 4.69) is 5.32 Å². The Morgan fingerprint density at radius 3 is 2.63 bits per heavy atom. The van der Waals surface area contributed by atoms with E-state index in [0.29, 0.717) is 12.0 Å². The summed E-state index contributed by atoms with van der Waals surface area (Å²) < 4.78 is 22.6. The second kappa shape index (κ2) is 4.85. The number of phenols is 1. The van der Waals surface area contributed by atoms with Crippen LogP contribution < -0.4 is 5.32 Å². The van der Waals surface area contributed by atoms with Gasteiger partial charge in [0.2, 0.25) is 0 Å². The number of carbonyl (C=O) groups excluding carboxylic acids is 1. The number of carbonyl (C=O) groups is 1. The number of sulfone groups is 1. The highest BCUT2D eigenvalue weighted by Crippen LogP contribution is 2.25. The normalized spacial score (nSPS) is 21.3. The Balaban J connectivity index is 2.15. The molecule has 0 aromatic heterocycles. The van der Waals surface area contributed by atoms with Crippen LogP contribution in [0.4, 0.5) is 0 Å². The highest BCUT2D eigenvalue weighted by atomic mass is 32.2. The Morgan fingerprint density at radius 2 is 2.05 bits per heavy atom. The van der Waals surface area contributed by atoms with Crippen molar-refractivity contribution in [2.24, 2.45) is 0 Å². The van der Waals surface area contributed by atoms with Crippen LogP contribution in [0.5, 0.6) is 5.75 Å². The quantitative estimate of drug-likeness (QED) is 0.845. The lowest BCUT2D eigenvalue weighted by Crippen LogP contribution is -2.35. The maximum Gasteiger partial charge on any atom is 0.255 e. The first-order valence-electron chi connectivity index (χ1n) is 6.10. The summed E-state index contributed by atoms with van der Waals surface area (Å²) in [5.41, 5.74) is 1.75. The number of phenolic OH excluding ortho intramolecular Hbond substituents is 1. The van der Waals surface area contributed by atoms with Crippen LogP contribution in [0.15, 0.2) is 12.1 Å². The first-order chi connectivity index (χ1) is 8.80. The zero-order valence-electron chi connectivity index (χ0n) is 10.9. The molecule has 19 heavy (non-hydrogen) atoms. The second-order valence-corrected chi connectivity index (χ2v) is 7.21. The minimum Gasteiger partial charge on any atom is -0.507 e. The van der Waals surface area contributed by atoms with Gasteiger partial charge in [0, 0.05) is 6.04 Å². The molecule has 2 N–H and O–H groups in total. The van der Waals surface area contributed by atoms with Gasteiger partial charge in [0.1, 0.15) is 5.75 Å². The number of nitrogens with one attached hydrogen (secondary N) is 1. The average molecular weight is 283 g/mol. The number of amides is 1. The molecule has 1 unspecified atom stereocenters. The van der Waals surface area contributed by atoms with Gasteiger partial charge in [-0.2, -0.15) is 0 Å². The Hall–Kier alpha value is -1.56. The molecule has 6 heteroatoms. The molecule has 1 amide bonds. The van der Waals surface area contributed by atoms with Crippen molar-refractivity contribution in [3.05, 3.63) is 28.8 Å². The summed E-state index contributed by atoms with van der Waals surface area (Å²) in [5, 5.41) is 12.6.